The minimum Gasteiger partial charge on any atom is -0.497 e. The third-order valence-corrected chi connectivity index (χ3v) is 4.07. The van der Waals surface area contributed by atoms with E-state index in [1.807, 2.05) is 18.2 Å². The normalized spacial score (nSPS) is 11.0. The van der Waals surface area contributed by atoms with E-state index in [9.17, 15) is 0 Å². The summed E-state index contributed by atoms with van der Waals surface area (Å²) >= 11 is 0. The van der Waals surface area contributed by atoms with Crippen LogP contribution < -0.4 is 10.1 Å². The van der Waals surface area contributed by atoms with Crippen LogP contribution in [0.25, 0.3) is 11.0 Å². The van der Waals surface area contributed by atoms with E-state index in [1.54, 1.807) is 7.11 Å². The molecule has 4 heteroatoms. The van der Waals surface area contributed by atoms with E-state index in [0.717, 1.165) is 43.1 Å². The Morgan fingerprint density at radius 3 is 2.65 bits per heavy atom. The minimum atomic E-state index is 0.883. The van der Waals surface area contributed by atoms with Gasteiger partial charge < -0.3 is 14.6 Å². The molecule has 23 heavy (non-hydrogen) atoms. The van der Waals surface area contributed by atoms with E-state index >= 15 is 0 Å². The second-order valence-electron chi connectivity index (χ2n) is 5.68. The Hall–Kier alpha value is -2.33. The third-order valence-electron chi connectivity index (χ3n) is 4.07. The molecule has 0 aliphatic rings. The molecule has 1 aromatic heterocycles. The molecule has 0 unspecified atom stereocenters. The molecule has 0 saturated heterocycles. The predicted molar refractivity (Wildman–Crippen MR) is 93.8 cm³/mol. The topological polar surface area (TPSA) is 39.1 Å². The number of methoxy groups -OCH3 is 1. The van der Waals surface area contributed by atoms with Gasteiger partial charge in [-0.15, -0.1) is 0 Å². The lowest BCUT2D eigenvalue weighted by Gasteiger charge is -2.08. The number of hydrogen-bond acceptors (Lipinski definition) is 3. The van der Waals surface area contributed by atoms with E-state index in [-0.39, 0.29) is 0 Å². The van der Waals surface area contributed by atoms with E-state index in [4.69, 9.17) is 4.74 Å². The summed E-state index contributed by atoms with van der Waals surface area (Å²) < 4.78 is 7.47. The van der Waals surface area contributed by atoms with Gasteiger partial charge in [0, 0.05) is 13.1 Å². The summed E-state index contributed by atoms with van der Waals surface area (Å²) in [5, 5.41) is 3.49. The fourth-order valence-corrected chi connectivity index (χ4v) is 2.82. The molecular weight excluding hydrogens is 286 g/mol. The van der Waals surface area contributed by atoms with Gasteiger partial charge in [0.15, 0.2) is 0 Å². The Morgan fingerprint density at radius 2 is 1.87 bits per heavy atom. The van der Waals surface area contributed by atoms with Crippen LogP contribution in [0.2, 0.25) is 0 Å². The van der Waals surface area contributed by atoms with Crippen LogP contribution in [-0.4, -0.2) is 23.2 Å². The first-order valence-electron chi connectivity index (χ1n) is 8.03. The standard InChI is InChI=1S/C19H23N3O/c1-15-21-18-6-3-4-7-19(18)22(15)13-5-12-20-14-16-8-10-17(23-2)11-9-16/h3-4,6-11,20H,5,12-14H2,1-2H3. The van der Waals surface area contributed by atoms with Gasteiger partial charge in [-0.3, -0.25) is 0 Å². The van der Waals surface area contributed by atoms with Crippen LogP contribution in [0.5, 0.6) is 5.75 Å². The number of rotatable bonds is 7. The summed E-state index contributed by atoms with van der Waals surface area (Å²) in [6.45, 7) is 4.93. The molecule has 120 valence electrons. The number of ether oxygens (including phenoxy) is 1. The van der Waals surface area contributed by atoms with E-state index in [2.05, 4.69) is 52.1 Å². The van der Waals surface area contributed by atoms with Crippen molar-refractivity contribution in [1.82, 2.24) is 14.9 Å². The van der Waals surface area contributed by atoms with Gasteiger partial charge in [0.2, 0.25) is 0 Å². The van der Waals surface area contributed by atoms with Gasteiger partial charge in [-0.1, -0.05) is 24.3 Å². The van der Waals surface area contributed by atoms with Gasteiger partial charge in [0.1, 0.15) is 11.6 Å². The number of benzene rings is 2. The Morgan fingerprint density at radius 1 is 1.09 bits per heavy atom. The number of nitrogens with one attached hydrogen (secondary N) is 1. The van der Waals surface area contributed by atoms with Gasteiger partial charge >= 0.3 is 0 Å². The van der Waals surface area contributed by atoms with E-state index < -0.39 is 0 Å². The molecule has 0 atom stereocenters. The van der Waals surface area contributed by atoms with E-state index in [1.165, 1.54) is 11.1 Å². The number of nitrogens with zero attached hydrogens (tertiary/aromatic N) is 2. The Labute approximate surface area is 137 Å². The lowest BCUT2D eigenvalue weighted by molar-refractivity contribution is 0.414. The molecule has 0 bridgehead atoms. The zero-order chi connectivity index (χ0) is 16.1. The molecule has 0 fully saturated rings. The van der Waals surface area contributed by atoms with Crippen LogP contribution in [0, 0.1) is 6.92 Å². The summed E-state index contributed by atoms with van der Waals surface area (Å²) in [7, 11) is 1.69. The number of aromatic nitrogens is 2. The zero-order valence-electron chi connectivity index (χ0n) is 13.7. The highest BCUT2D eigenvalue weighted by atomic mass is 16.5. The summed E-state index contributed by atoms with van der Waals surface area (Å²) in [5.41, 5.74) is 3.58. The fraction of sp³-hybridized carbons (Fsp3) is 0.316. The van der Waals surface area contributed by atoms with Crippen molar-refractivity contribution in [2.45, 2.75) is 26.4 Å². The van der Waals surface area contributed by atoms with Crippen molar-refractivity contribution in [3.8, 4) is 5.75 Å². The van der Waals surface area contributed by atoms with Gasteiger partial charge in [0.25, 0.3) is 0 Å². The molecule has 0 saturated carbocycles. The maximum atomic E-state index is 5.17. The van der Waals surface area contributed by atoms with Gasteiger partial charge in [-0.25, -0.2) is 4.98 Å². The number of aryl methyl sites for hydroxylation is 2. The highest BCUT2D eigenvalue weighted by Gasteiger charge is 2.05. The van der Waals surface area contributed by atoms with Crippen molar-refractivity contribution in [1.29, 1.82) is 0 Å². The summed E-state index contributed by atoms with van der Waals surface area (Å²) in [6, 6.07) is 16.5. The summed E-state index contributed by atoms with van der Waals surface area (Å²) in [6.07, 6.45) is 1.08. The number of hydrogen-bond donors (Lipinski definition) is 1. The van der Waals surface area contributed by atoms with Crippen LogP contribution >= 0.6 is 0 Å². The SMILES string of the molecule is COc1ccc(CNCCCn2c(C)nc3ccccc32)cc1. The van der Waals surface area contributed by atoms with Crippen LogP contribution in [0.4, 0.5) is 0 Å². The van der Waals surface area contributed by atoms with Crippen molar-refractivity contribution in [3.63, 3.8) is 0 Å². The molecule has 3 aromatic rings. The van der Waals surface area contributed by atoms with Crippen molar-refractivity contribution in [2.24, 2.45) is 0 Å². The first kappa shape index (κ1) is 15.6. The average molecular weight is 309 g/mol. The Balaban J connectivity index is 1.48. The predicted octanol–water partition coefficient (Wildman–Crippen LogP) is 3.53. The van der Waals surface area contributed by atoms with Gasteiger partial charge in [-0.05, 0) is 49.7 Å². The molecule has 0 spiro atoms. The van der Waals surface area contributed by atoms with E-state index in [0.29, 0.717) is 0 Å². The molecule has 1 heterocycles. The molecule has 0 aliphatic heterocycles. The highest BCUT2D eigenvalue weighted by molar-refractivity contribution is 5.75. The van der Waals surface area contributed by atoms with Crippen molar-refractivity contribution in [2.75, 3.05) is 13.7 Å². The number of imidazole rings is 1. The number of para-hydroxylation sites is 2. The zero-order valence-corrected chi connectivity index (χ0v) is 13.7. The maximum absolute atomic E-state index is 5.17. The van der Waals surface area contributed by atoms with Crippen molar-refractivity contribution >= 4 is 11.0 Å². The van der Waals surface area contributed by atoms with Gasteiger partial charge in [0.05, 0.1) is 18.1 Å². The quantitative estimate of drug-likeness (QED) is 0.679. The van der Waals surface area contributed by atoms with Crippen LogP contribution in [0.15, 0.2) is 48.5 Å². The molecular formula is C19H23N3O. The second-order valence-corrected chi connectivity index (χ2v) is 5.68. The number of fused-ring (bicyclic) bond motifs is 1. The van der Waals surface area contributed by atoms with Crippen LogP contribution in [0.3, 0.4) is 0 Å². The minimum absolute atomic E-state index is 0.883. The molecule has 0 aliphatic carbocycles. The molecule has 1 N–H and O–H groups in total. The second kappa shape index (κ2) is 7.29. The van der Waals surface area contributed by atoms with Crippen LogP contribution in [-0.2, 0) is 13.1 Å². The van der Waals surface area contributed by atoms with Crippen molar-refractivity contribution < 1.29 is 4.74 Å². The lowest BCUT2D eigenvalue weighted by Crippen LogP contribution is -2.16. The van der Waals surface area contributed by atoms with Crippen LogP contribution in [0.1, 0.15) is 17.8 Å². The monoisotopic (exact) mass is 309 g/mol. The van der Waals surface area contributed by atoms with Gasteiger partial charge in [-0.2, -0.15) is 0 Å². The lowest BCUT2D eigenvalue weighted by atomic mass is 10.2. The first-order valence-corrected chi connectivity index (χ1v) is 8.03. The Kier molecular flexibility index (Phi) is 4.93. The third kappa shape index (κ3) is 3.71. The smallest absolute Gasteiger partial charge is 0.118 e. The molecule has 2 aromatic carbocycles. The Bertz CT molecular complexity index is 762. The molecule has 0 radical (unpaired) electrons. The summed E-state index contributed by atoms with van der Waals surface area (Å²) in [4.78, 5) is 4.61. The molecule has 3 rings (SSSR count). The van der Waals surface area contributed by atoms with Crippen molar-refractivity contribution in [3.05, 3.63) is 59.9 Å². The maximum Gasteiger partial charge on any atom is 0.118 e. The largest absolute Gasteiger partial charge is 0.497 e. The average Bonchev–Trinajstić information content (AvgIpc) is 2.91. The highest BCUT2D eigenvalue weighted by Crippen LogP contribution is 2.15. The fourth-order valence-electron chi connectivity index (χ4n) is 2.82. The first-order chi connectivity index (χ1) is 11.3. The molecule has 0 amide bonds. The summed E-state index contributed by atoms with van der Waals surface area (Å²) in [5.74, 6) is 1.98. The molecule has 4 nitrogen and oxygen atoms in total.